The van der Waals surface area contributed by atoms with Crippen LogP contribution in [0.3, 0.4) is 0 Å². The average molecular weight is 432 g/mol. The van der Waals surface area contributed by atoms with E-state index in [1.54, 1.807) is 10.6 Å². The third kappa shape index (κ3) is 4.98. The van der Waals surface area contributed by atoms with Crippen LogP contribution in [0, 0.1) is 25.5 Å². The van der Waals surface area contributed by atoms with Crippen LogP contribution in [-0.4, -0.2) is 29.6 Å². The molecule has 0 bridgehead atoms. The van der Waals surface area contributed by atoms with Gasteiger partial charge in [-0.15, -0.1) is 12.4 Å². The molecule has 0 radical (unpaired) electrons. The van der Waals surface area contributed by atoms with Crippen molar-refractivity contribution < 1.29 is 13.6 Å². The van der Waals surface area contributed by atoms with Crippen molar-refractivity contribution >= 4 is 29.7 Å². The summed E-state index contributed by atoms with van der Waals surface area (Å²) in [7, 11) is 0. The van der Waals surface area contributed by atoms with E-state index in [4.69, 9.17) is 0 Å². The number of carbonyl (C=O) groups is 1. The number of amides is 1. The Morgan fingerprint density at radius 1 is 1.32 bits per heavy atom. The third-order valence-corrected chi connectivity index (χ3v) is 6.13. The smallest absolute Gasteiger partial charge is 0.307 e. The first-order valence-electron chi connectivity index (χ1n) is 8.98. The van der Waals surface area contributed by atoms with Gasteiger partial charge in [-0.25, -0.2) is 8.78 Å². The Hall–Kier alpha value is -1.77. The van der Waals surface area contributed by atoms with E-state index < -0.39 is 11.6 Å². The number of hydrogen-bond acceptors (Lipinski definition) is 4. The molecule has 28 heavy (non-hydrogen) atoms. The lowest BCUT2D eigenvalue weighted by Crippen LogP contribution is -2.50. The standard InChI is InChI=1S/C19H23F2N3O2S.ClH/c1-11-12(2)27-19(26)24(11)8-6-18(25)23-17-10-22-7-5-14(17)13-3-4-15(20)16(21)9-13;/h3-4,9,14,17,22H,5-8,10H2,1-2H3,(H,23,25);1H. The summed E-state index contributed by atoms with van der Waals surface area (Å²) < 4.78 is 28.4. The topological polar surface area (TPSA) is 63.1 Å². The number of halogens is 3. The predicted octanol–water partition coefficient (Wildman–Crippen LogP) is 2.88. The molecule has 0 spiro atoms. The summed E-state index contributed by atoms with van der Waals surface area (Å²) in [5.41, 5.74) is 1.57. The summed E-state index contributed by atoms with van der Waals surface area (Å²) in [6.45, 7) is 5.40. The molecule has 2 heterocycles. The highest BCUT2D eigenvalue weighted by molar-refractivity contribution is 7.09. The molecular formula is C19H24ClF2N3O2S. The van der Waals surface area contributed by atoms with Crippen LogP contribution in [-0.2, 0) is 11.3 Å². The largest absolute Gasteiger partial charge is 0.351 e. The van der Waals surface area contributed by atoms with E-state index in [0.717, 1.165) is 29.6 Å². The monoisotopic (exact) mass is 431 g/mol. The van der Waals surface area contributed by atoms with Gasteiger partial charge in [-0.3, -0.25) is 9.59 Å². The zero-order valence-electron chi connectivity index (χ0n) is 15.8. The molecule has 3 rings (SSSR count). The van der Waals surface area contributed by atoms with Gasteiger partial charge in [0.05, 0.1) is 0 Å². The fourth-order valence-electron chi connectivity index (χ4n) is 3.49. The zero-order valence-corrected chi connectivity index (χ0v) is 17.4. The minimum absolute atomic E-state index is 0. The Morgan fingerprint density at radius 2 is 2.07 bits per heavy atom. The molecule has 1 aliphatic rings. The molecule has 0 aliphatic carbocycles. The van der Waals surface area contributed by atoms with E-state index >= 15 is 0 Å². The lowest BCUT2D eigenvalue weighted by Gasteiger charge is -2.33. The first-order valence-corrected chi connectivity index (χ1v) is 9.80. The number of rotatable bonds is 5. The summed E-state index contributed by atoms with van der Waals surface area (Å²) in [6, 6.07) is 3.70. The first kappa shape index (κ1) is 22.5. The Kier molecular flexibility index (Phi) is 7.74. The van der Waals surface area contributed by atoms with Crippen LogP contribution in [0.2, 0.25) is 0 Å². The maximum Gasteiger partial charge on any atom is 0.307 e. The summed E-state index contributed by atoms with van der Waals surface area (Å²) in [5.74, 6) is -2.00. The van der Waals surface area contributed by atoms with E-state index in [2.05, 4.69) is 10.6 Å². The lowest BCUT2D eigenvalue weighted by molar-refractivity contribution is -0.122. The normalized spacial score (nSPS) is 19.1. The number of nitrogens with zero attached hydrogens (tertiary/aromatic N) is 1. The molecule has 1 aromatic carbocycles. The van der Waals surface area contributed by atoms with Gasteiger partial charge < -0.3 is 15.2 Å². The van der Waals surface area contributed by atoms with E-state index in [0.29, 0.717) is 18.7 Å². The van der Waals surface area contributed by atoms with Gasteiger partial charge in [0.25, 0.3) is 0 Å². The van der Waals surface area contributed by atoms with Crippen molar-refractivity contribution in [3.8, 4) is 0 Å². The van der Waals surface area contributed by atoms with Gasteiger partial charge in [-0.05, 0) is 44.5 Å². The Labute approximate surface area is 172 Å². The Morgan fingerprint density at radius 3 is 2.71 bits per heavy atom. The summed E-state index contributed by atoms with van der Waals surface area (Å²) in [5, 5.41) is 6.21. The van der Waals surface area contributed by atoms with E-state index in [-0.39, 0.29) is 41.6 Å². The van der Waals surface area contributed by atoms with Gasteiger partial charge in [-0.1, -0.05) is 17.4 Å². The predicted molar refractivity (Wildman–Crippen MR) is 108 cm³/mol. The van der Waals surface area contributed by atoms with Crippen molar-refractivity contribution in [2.75, 3.05) is 13.1 Å². The third-order valence-electron chi connectivity index (χ3n) is 5.14. The van der Waals surface area contributed by atoms with Crippen LogP contribution in [0.1, 0.15) is 34.9 Å². The molecule has 1 fully saturated rings. The lowest BCUT2D eigenvalue weighted by atomic mass is 9.86. The first-order chi connectivity index (χ1) is 12.9. The van der Waals surface area contributed by atoms with Crippen LogP contribution in [0.5, 0.6) is 0 Å². The van der Waals surface area contributed by atoms with Crippen molar-refractivity contribution in [2.45, 2.75) is 45.2 Å². The maximum absolute atomic E-state index is 13.6. The zero-order chi connectivity index (χ0) is 19.6. The van der Waals surface area contributed by atoms with Gasteiger partial charge >= 0.3 is 4.87 Å². The van der Waals surface area contributed by atoms with Crippen molar-refractivity contribution in [1.29, 1.82) is 0 Å². The van der Waals surface area contributed by atoms with E-state index in [1.165, 1.54) is 17.4 Å². The quantitative estimate of drug-likeness (QED) is 0.765. The minimum Gasteiger partial charge on any atom is -0.351 e. The second kappa shape index (κ2) is 9.62. The summed E-state index contributed by atoms with van der Waals surface area (Å²) in [4.78, 5) is 25.3. The maximum atomic E-state index is 13.6. The number of thiazole rings is 1. The molecule has 5 nitrogen and oxygen atoms in total. The van der Waals surface area contributed by atoms with Crippen molar-refractivity contribution in [3.63, 3.8) is 0 Å². The highest BCUT2D eigenvalue weighted by atomic mass is 35.5. The fraction of sp³-hybridized carbons (Fsp3) is 0.474. The summed E-state index contributed by atoms with van der Waals surface area (Å²) in [6.07, 6.45) is 0.913. The molecule has 0 saturated carbocycles. The van der Waals surface area contributed by atoms with E-state index in [1.807, 2.05) is 13.8 Å². The van der Waals surface area contributed by atoms with Crippen LogP contribution >= 0.6 is 23.7 Å². The minimum atomic E-state index is -0.876. The molecule has 1 saturated heterocycles. The molecule has 9 heteroatoms. The highest BCUT2D eigenvalue weighted by Gasteiger charge is 2.28. The van der Waals surface area contributed by atoms with Crippen LogP contribution in [0.25, 0.3) is 0 Å². The number of aromatic nitrogens is 1. The van der Waals surface area contributed by atoms with Gasteiger partial charge in [0.2, 0.25) is 5.91 Å². The Bertz CT molecular complexity index is 900. The van der Waals surface area contributed by atoms with Gasteiger partial charge in [0.15, 0.2) is 11.6 Å². The SMILES string of the molecule is Cc1sc(=O)n(CCC(=O)NC2CNCCC2c2ccc(F)c(F)c2)c1C.Cl. The van der Waals surface area contributed by atoms with Crippen molar-refractivity contribution in [2.24, 2.45) is 0 Å². The summed E-state index contributed by atoms with van der Waals surface area (Å²) >= 11 is 1.18. The molecule has 2 atom stereocenters. The molecule has 2 aromatic rings. The molecular weight excluding hydrogens is 408 g/mol. The number of nitrogens with one attached hydrogen (secondary N) is 2. The van der Waals surface area contributed by atoms with E-state index in [9.17, 15) is 18.4 Å². The van der Waals surface area contributed by atoms with Gasteiger partial charge in [0.1, 0.15) is 0 Å². The van der Waals surface area contributed by atoms with Gasteiger partial charge in [0, 0.05) is 42.0 Å². The number of piperidine rings is 1. The second-order valence-corrected chi connectivity index (χ2v) is 8.02. The number of carbonyl (C=O) groups excluding carboxylic acids is 1. The number of hydrogen-bond donors (Lipinski definition) is 2. The molecule has 154 valence electrons. The van der Waals surface area contributed by atoms with Crippen molar-refractivity contribution in [3.05, 3.63) is 55.6 Å². The van der Waals surface area contributed by atoms with Crippen LogP contribution < -0.4 is 15.5 Å². The van der Waals surface area contributed by atoms with Crippen LogP contribution in [0.15, 0.2) is 23.0 Å². The molecule has 2 unspecified atom stereocenters. The Balaban J connectivity index is 0.00000280. The molecule has 1 aliphatic heterocycles. The molecule has 1 amide bonds. The van der Waals surface area contributed by atoms with Crippen LogP contribution in [0.4, 0.5) is 8.78 Å². The van der Waals surface area contributed by atoms with Crippen molar-refractivity contribution in [1.82, 2.24) is 15.2 Å². The number of aryl methyl sites for hydroxylation is 1. The fourth-order valence-corrected chi connectivity index (χ4v) is 4.35. The molecule has 2 N–H and O–H groups in total. The molecule has 1 aromatic heterocycles. The highest BCUT2D eigenvalue weighted by Crippen LogP contribution is 2.27. The second-order valence-electron chi connectivity index (χ2n) is 6.86. The van der Waals surface area contributed by atoms with Gasteiger partial charge in [-0.2, -0.15) is 0 Å². The number of benzene rings is 1. The average Bonchev–Trinajstić information content (AvgIpc) is 2.88.